The highest BCUT2D eigenvalue weighted by atomic mass is 31.1. The van der Waals surface area contributed by atoms with Crippen LogP contribution in [0.15, 0.2) is 30.3 Å². The van der Waals surface area contributed by atoms with E-state index in [4.69, 9.17) is 9.47 Å². The molecule has 0 bridgehead atoms. The van der Waals surface area contributed by atoms with Gasteiger partial charge in [-0.3, -0.25) is 0 Å². The largest absolute Gasteiger partial charge is 0.491 e. The molecule has 0 spiro atoms. The second kappa shape index (κ2) is 7.20. The van der Waals surface area contributed by atoms with E-state index in [9.17, 15) is 9.90 Å². The van der Waals surface area contributed by atoms with Gasteiger partial charge in [-0.1, -0.05) is 18.2 Å². The number of hydrogen-bond donors (Lipinski definition) is 1. The van der Waals surface area contributed by atoms with Crippen LogP contribution in [0.2, 0.25) is 0 Å². The first-order chi connectivity index (χ1) is 7.72. The summed E-state index contributed by atoms with van der Waals surface area (Å²) in [6.45, 7) is 1.83. The fourth-order valence-corrected chi connectivity index (χ4v) is 1.23. The summed E-state index contributed by atoms with van der Waals surface area (Å²) in [4.78, 5) is 10.8. The normalized spacial score (nSPS) is 12.6. The number of para-hydroxylation sites is 1. The quantitative estimate of drug-likeness (QED) is 0.774. The molecule has 5 heteroatoms. The zero-order valence-electron chi connectivity index (χ0n) is 9.05. The van der Waals surface area contributed by atoms with Gasteiger partial charge < -0.3 is 14.6 Å². The number of ether oxygens (including phenoxy) is 2. The lowest BCUT2D eigenvalue weighted by molar-refractivity contribution is 0.0470. The molecule has 1 aromatic carbocycles. The van der Waals surface area contributed by atoms with Crippen molar-refractivity contribution in [2.45, 2.75) is 6.10 Å². The van der Waals surface area contributed by atoms with E-state index in [1.54, 1.807) is 18.8 Å². The molecule has 0 saturated carbocycles. The van der Waals surface area contributed by atoms with Gasteiger partial charge in [0.05, 0.1) is 0 Å². The van der Waals surface area contributed by atoms with Gasteiger partial charge in [0.2, 0.25) is 0 Å². The van der Waals surface area contributed by atoms with Crippen LogP contribution in [0.5, 0.6) is 5.75 Å². The summed E-state index contributed by atoms with van der Waals surface area (Å²) >= 11 is 0. The fourth-order valence-electron chi connectivity index (χ4n) is 1.00. The second-order valence-electron chi connectivity index (χ2n) is 3.13. The summed E-state index contributed by atoms with van der Waals surface area (Å²) in [5, 5.41) is 9.46. The lowest BCUT2D eigenvalue weighted by atomic mass is 10.3. The highest BCUT2D eigenvalue weighted by Crippen LogP contribution is 2.10. The molecule has 1 aromatic rings. The van der Waals surface area contributed by atoms with Crippen LogP contribution in [-0.4, -0.2) is 36.8 Å². The lowest BCUT2D eigenvalue weighted by Gasteiger charge is -2.12. The van der Waals surface area contributed by atoms with Gasteiger partial charge in [0.25, 0.3) is 0 Å². The molecule has 2 unspecified atom stereocenters. The Morgan fingerprint density at radius 3 is 2.69 bits per heavy atom. The Kier molecular flexibility index (Phi) is 5.83. The molecule has 1 N–H and O–H groups in total. The third kappa shape index (κ3) is 5.10. The minimum Gasteiger partial charge on any atom is -0.491 e. The van der Waals surface area contributed by atoms with E-state index in [2.05, 4.69) is 0 Å². The zero-order chi connectivity index (χ0) is 11.8. The third-order valence-corrected chi connectivity index (χ3v) is 2.35. The van der Waals surface area contributed by atoms with Crippen molar-refractivity contribution in [3.05, 3.63) is 30.3 Å². The van der Waals surface area contributed by atoms with Crippen molar-refractivity contribution >= 4 is 14.3 Å². The molecule has 88 valence electrons. The van der Waals surface area contributed by atoms with Crippen LogP contribution < -0.4 is 4.74 Å². The molecular weight excluding hydrogens is 227 g/mol. The number of aliphatic hydroxyl groups is 1. The van der Waals surface area contributed by atoms with Crippen LogP contribution in [0.4, 0.5) is 4.79 Å². The van der Waals surface area contributed by atoms with Gasteiger partial charge in [-0.15, -0.1) is 0 Å². The van der Waals surface area contributed by atoms with Gasteiger partial charge in [-0.05, 0) is 27.4 Å². The monoisotopic (exact) mass is 242 g/mol. The number of hydrogen-bond acceptors (Lipinski definition) is 4. The average Bonchev–Trinajstić information content (AvgIpc) is 2.34. The zero-order valence-corrected chi connectivity index (χ0v) is 10.1. The predicted octanol–water partition coefficient (Wildman–Crippen LogP) is 1.87. The predicted molar refractivity (Wildman–Crippen MR) is 63.5 cm³/mol. The standard InChI is InChI=1S/C11H15O4P/c1-16-11(13)15-8-9(12)7-14-10-5-3-2-4-6-10/h2-6,9,12,16H,7-8H2,1H3. The Bertz CT molecular complexity index is 315. The first-order valence-corrected chi connectivity index (χ1v) is 6.43. The molecule has 0 aliphatic heterocycles. The van der Waals surface area contributed by atoms with E-state index in [0.29, 0.717) is 5.75 Å². The van der Waals surface area contributed by atoms with Crippen LogP contribution in [0, 0.1) is 0 Å². The molecule has 0 saturated heterocycles. The van der Waals surface area contributed by atoms with Gasteiger partial charge in [0, 0.05) is 0 Å². The van der Waals surface area contributed by atoms with Gasteiger partial charge in [-0.25, -0.2) is 4.79 Å². The van der Waals surface area contributed by atoms with Crippen molar-refractivity contribution < 1.29 is 19.4 Å². The molecule has 2 atom stereocenters. The third-order valence-electron chi connectivity index (χ3n) is 1.80. The molecule has 0 fully saturated rings. The number of benzene rings is 1. The van der Waals surface area contributed by atoms with Crippen molar-refractivity contribution in [2.24, 2.45) is 0 Å². The Hall–Kier alpha value is -1.12. The van der Waals surface area contributed by atoms with Gasteiger partial charge >= 0.3 is 5.71 Å². The maximum absolute atomic E-state index is 10.8. The Morgan fingerprint density at radius 1 is 1.38 bits per heavy atom. The lowest BCUT2D eigenvalue weighted by Crippen LogP contribution is -2.24. The SMILES string of the molecule is CPC(=O)OCC(O)COc1ccccc1. The Morgan fingerprint density at radius 2 is 2.06 bits per heavy atom. The summed E-state index contributed by atoms with van der Waals surface area (Å²) < 4.78 is 10.1. The van der Waals surface area contributed by atoms with E-state index in [1.165, 1.54) is 0 Å². The van der Waals surface area contributed by atoms with Gasteiger partial charge in [-0.2, -0.15) is 0 Å². The molecule has 4 nitrogen and oxygen atoms in total. The Balaban J connectivity index is 2.20. The second-order valence-corrected chi connectivity index (χ2v) is 4.03. The van der Waals surface area contributed by atoms with Crippen molar-refractivity contribution in [1.82, 2.24) is 0 Å². The van der Waals surface area contributed by atoms with E-state index in [-0.39, 0.29) is 27.5 Å². The maximum atomic E-state index is 10.8. The van der Waals surface area contributed by atoms with Gasteiger partial charge in [0.15, 0.2) is 0 Å². The number of rotatable bonds is 6. The van der Waals surface area contributed by atoms with Gasteiger partial charge in [0.1, 0.15) is 25.1 Å². The van der Waals surface area contributed by atoms with Crippen molar-refractivity contribution in [1.29, 1.82) is 0 Å². The number of carbonyl (C=O) groups excluding carboxylic acids is 1. The topological polar surface area (TPSA) is 55.8 Å². The van der Waals surface area contributed by atoms with Crippen molar-refractivity contribution in [2.75, 3.05) is 19.9 Å². The molecule has 0 aliphatic carbocycles. The minimum atomic E-state index is -0.791. The van der Waals surface area contributed by atoms with Crippen molar-refractivity contribution in [3.63, 3.8) is 0 Å². The maximum Gasteiger partial charge on any atom is 0.322 e. The summed E-state index contributed by atoms with van der Waals surface area (Å²) in [6.07, 6.45) is -0.791. The van der Waals surface area contributed by atoms with E-state index >= 15 is 0 Å². The molecule has 0 amide bonds. The molecule has 0 aromatic heterocycles. The summed E-state index contributed by atoms with van der Waals surface area (Å²) in [6, 6.07) is 9.17. The van der Waals surface area contributed by atoms with Crippen LogP contribution >= 0.6 is 8.58 Å². The molecule has 0 heterocycles. The van der Waals surface area contributed by atoms with E-state index in [1.807, 2.05) is 18.2 Å². The molecule has 0 aliphatic rings. The number of aliphatic hydroxyl groups excluding tert-OH is 1. The summed E-state index contributed by atoms with van der Waals surface area (Å²) in [7, 11) is 0.0930. The summed E-state index contributed by atoms with van der Waals surface area (Å²) in [5.41, 5.74) is -0.293. The first kappa shape index (κ1) is 12.9. The average molecular weight is 242 g/mol. The molecular formula is C11H15O4P. The van der Waals surface area contributed by atoms with E-state index < -0.39 is 6.10 Å². The molecule has 1 rings (SSSR count). The van der Waals surface area contributed by atoms with Crippen molar-refractivity contribution in [3.8, 4) is 5.75 Å². The molecule has 16 heavy (non-hydrogen) atoms. The van der Waals surface area contributed by atoms with Crippen LogP contribution in [0.25, 0.3) is 0 Å². The summed E-state index contributed by atoms with van der Waals surface area (Å²) in [5.74, 6) is 0.685. The van der Waals surface area contributed by atoms with E-state index in [0.717, 1.165) is 0 Å². The fraction of sp³-hybridized carbons (Fsp3) is 0.364. The Labute approximate surface area is 96.4 Å². The van der Waals surface area contributed by atoms with Crippen LogP contribution in [0.1, 0.15) is 0 Å². The van der Waals surface area contributed by atoms with Crippen LogP contribution in [0.3, 0.4) is 0 Å². The smallest absolute Gasteiger partial charge is 0.322 e. The minimum absolute atomic E-state index is 0.0213. The first-order valence-electron chi connectivity index (χ1n) is 4.93. The highest BCUT2D eigenvalue weighted by molar-refractivity contribution is 7.56. The number of carbonyl (C=O) groups is 1. The highest BCUT2D eigenvalue weighted by Gasteiger charge is 2.08. The van der Waals surface area contributed by atoms with Crippen LogP contribution in [-0.2, 0) is 4.74 Å². The molecule has 0 radical (unpaired) electrons.